The number of rotatable bonds is 8. The predicted molar refractivity (Wildman–Crippen MR) is 137 cm³/mol. The number of pyridine rings is 1. The molecule has 1 aliphatic heterocycles. The molecule has 0 N–H and O–H groups in total. The number of hydrogen-bond acceptors (Lipinski definition) is 7. The number of amides is 1. The number of likely N-dealkylation sites (tertiary alicyclic amines) is 1. The summed E-state index contributed by atoms with van der Waals surface area (Å²) in [5.74, 6) is -1.67. The summed E-state index contributed by atoms with van der Waals surface area (Å²) in [5, 5.41) is 0.483. The fourth-order valence-electron chi connectivity index (χ4n) is 3.81. The topological polar surface area (TPSA) is 85.8 Å². The van der Waals surface area contributed by atoms with E-state index in [1.807, 2.05) is 19.9 Å². The molecule has 1 amide bonds. The Morgan fingerprint density at radius 2 is 1.76 bits per heavy atom. The first-order valence-electron chi connectivity index (χ1n) is 11.8. The molecule has 7 nitrogen and oxygen atoms in total. The van der Waals surface area contributed by atoms with Gasteiger partial charge in [-0.1, -0.05) is 33.8 Å². The van der Waals surface area contributed by atoms with Crippen molar-refractivity contribution in [2.75, 3.05) is 6.54 Å². The van der Waals surface area contributed by atoms with Crippen LogP contribution in [0.15, 0.2) is 29.4 Å². The molecule has 4 atom stereocenters. The molecule has 1 aliphatic rings. The van der Waals surface area contributed by atoms with Crippen LogP contribution >= 0.6 is 11.8 Å². The molecule has 1 saturated heterocycles. The Balaban J connectivity index is 2.26. The van der Waals surface area contributed by atoms with Crippen molar-refractivity contribution in [3.63, 3.8) is 0 Å². The molecular formula is C25H40N2O5SSi. The van der Waals surface area contributed by atoms with Crippen molar-refractivity contribution in [1.29, 1.82) is 0 Å². The number of esters is 1. The molecule has 9 heteroatoms. The van der Waals surface area contributed by atoms with Gasteiger partial charge in [-0.05, 0) is 69.7 Å². The summed E-state index contributed by atoms with van der Waals surface area (Å²) in [6, 6.07) is 4.94. The first-order chi connectivity index (χ1) is 15.4. The summed E-state index contributed by atoms with van der Waals surface area (Å²) in [7, 11) is -2.14. The number of carbonyl (C=O) groups excluding carboxylic acids is 3. The van der Waals surface area contributed by atoms with Gasteiger partial charge >= 0.3 is 5.97 Å². The third-order valence-electron chi connectivity index (χ3n) is 6.53. The smallest absolute Gasteiger partial charge is 0.326 e. The maximum Gasteiger partial charge on any atom is 0.326 e. The summed E-state index contributed by atoms with van der Waals surface area (Å²) >= 11 is 1.06. The fourth-order valence-corrected chi connectivity index (χ4v) is 6.03. The predicted octanol–water partition coefficient (Wildman–Crippen LogP) is 4.92. The lowest BCUT2D eigenvalue weighted by atomic mass is 9.77. The van der Waals surface area contributed by atoms with Crippen LogP contribution in [0.2, 0.25) is 18.1 Å². The highest BCUT2D eigenvalue weighted by molar-refractivity contribution is 8.13. The standard InChI is InChI=1S/C25H40N2O5SSi/c1-16(23(30)33-18-13-11-12-14-26-18)21-20(17(2)32-34(9,10)25(6,7)8)22(29)27(21)15-19(28)31-24(3,4)5/h11-14,16-17,20-21H,15H2,1-10H3/t16-,17-,20-,21-/m1/s1. The summed E-state index contributed by atoms with van der Waals surface area (Å²) in [4.78, 5) is 44.7. The van der Waals surface area contributed by atoms with Crippen LogP contribution in [0.1, 0.15) is 55.4 Å². The molecule has 0 spiro atoms. The third kappa shape index (κ3) is 6.92. The van der Waals surface area contributed by atoms with Gasteiger partial charge < -0.3 is 14.1 Å². The van der Waals surface area contributed by atoms with Crippen LogP contribution in [0.25, 0.3) is 0 Å². The number of ether oxygens (including phenoxy) is 1. The minimum atomic E-state index is -2.14. The van der Waals surface area contributed by atoms with Crippen LogP contribution < -0.4 is 0 Å². The number of carbonyl (C=O) groups is 3. The van der Waals surface area contributed by atoms with Crippen LogP contribution in [0, 0.1) is 11.8 Å². The number of hydrogen-bond donors (Lipinski definition) is 0. The minimum Gasteiger partial charge on any atom is -0.459 e. The Labute approximate surface area is 209 Å². The van der Waals surface area contributed by atoms with Crippen molar-refractivity contribution < 1.29 is 23.5 Å². The maximum atomic E-state index is 13.3. The zero-order valence-corrected chi connectivity index (χ0v) is 24.0. The molecule has 0 aliphatic carbocycles. The van der Waals surface area contributed by atoms with Gasteiger partial charge in [0.2, 0.25) is 5.91 Å². The highest BCUT2D eigenvalue weighted by Gasteiger charge is 2.56. The van der Waals surface area contributed by atoms with Gasteiger partial charge in [0.25, 0.3) is 0 Å². The van der Waals surface area contributed by atoms with E-state index in [9.17, 15) is 14.4 Å². The molecule has 1 aromatic rings. The Bertz CT molecular complexity index is 895. The third-order valence-corrected chi connectivity index (χ3v) is 12.1. The van der Waals surface area contributed by atoms with Gasteiger partial charge in [0.1, 0.15) is 17.2 Å². The first kappa shape index (κ1) is 28.5. The first-order valence-corrected chi connectivity index (χ1v) is 15.5. The lowest BCUT2D eigenvalue weighted by molar-refractivity contribution is -0.178. The van der Waals surface area contributed by atoms with Crippen molar-refractivity contribution >= 4 is 37.1 Å². The second-order valence-electron chi connectivity index (χ2n) is 11.5. The monoisotopic (exact) mass is 508 g/mol. The second kappa shape index (κ2) is 10.5. The zero-order valence-electron chi connectivity index (χ0n) is 22.2. The average Bonchev–Trinajstić information content (AvgIpc) is 2.67. The van der Waals surface area contributed by atoms with Crippen LogP contribution in [0.4, 0.5) is 0 Å². The van der Waals surface area contributed by atoms with Gasteiger partial charge in [-0.3, -0.25) is 14.4 Å². The highest BCUT2D eigenvalue weighted by Crippen LogP contribution is 2.42. The lowest BCUT2D eigenvalue weighted by Crippen LogP contribution is -2.69. The van der Waals surface area contributed by atoms with Crippen LogP contribution in [0.5, 0.6) is 0 Å². The highest BCUT2D eigenvalue weighted by atomic mass is 32.2. The van der Waals surface area contributed by atoms with E-state index in [0.29, 0.717) is 5.03 Å². The molecular weight excluding hydrogens is 468 g/mol. The van der Waals surface area contributed by atoms with Crippen molar-refractivity contribution in [3.8, 4) is 0 Å². The molecule has 1 aromatic heterocycles. The van der Waals surface area contributed by atoms with E-state index in [-0.39, 0.29) is 28.7 Å². The van der Waals surface area contributed by atoms with Crippen LogP contribution in [-0.2, 0) is 23.5 Å². The van der Waals surface area contributed by atoms with E-state index in [2.05, 4.69) is 38.8 Å². The molecule has 190 valence electrons. The van der Waals surface area contributed by atoms with E-state index in [4.69, 9.17) is 9.16 Å². The van der Waals surface area contributed by atoms with Crippen molar-refractivity contribution in [1.82, 2.24) is 9.88 Å². The van der Waals surface area contributed by atoms with Crippen molar-refractivity contribution in [2.24, 2.45) is 11.8 Å². The van der Waals surface area contributed by atoms with E-state index >= 15 is 0 Å². The summed E-state index contributed by atoms with van der Waals surface area (Å²) in [6.45, 7) is 19.6. The normalized spacial score (nSPS) is 21.0. The van der Waals surface area contributed by atoms with Gasteiger partial charge in [0.15, 0.2) is 13.4 Å². The molecule has 34 heavy (non-hydrogen) atoms. The number of nitrogens with zero attached hydrogens (tertiary/aromatic N) is 2. The van der Waals surface area contributed by atoms with Gasteiger partial charge in [0, 0.05) is 12.1 Å². The van der Waals surface area contributed by atoms with Crippen LogP contribution in [-0.4, -0.2) is 59.5 Å². The maximum absolute atomic E-state index is 13.3. The summed E-state index contributed by atoms with van der Waals surface area (Å²) in [6.07, 6.45) is 1.27. The van der Waals surface area contributed by atoms with Gasteiger partial charge in [0.05, 0.1) is 18.1 Å². The summed E-state index contributed by atoms with van der Waals surface area (Å²) < 4.78 is 12.0. The largest absolute Gasteiger partial charge is 0.459 e. The minimum absolute atomic E-state index is 0.0178. The Morgan fingerprint density at radius 1 is 1.15 bits per heavy atom. The van der Waals surface area contributed by atoms with Crippen LogP contribution in [0.3, 0.4) is 0 Å². The molecule has 0 saturated carbocycles. The van der Waals surface area contributed by atoms with Gasteiger partial charge in [-0.25, -0.2) is 4.98 Å². The molecule has 1 fully saturated rings. The molecule has 0 unspecified atom stereocenters. The van der Waals surface area contributed by atoms with E-state index in [1.165, 1.54) is 4.90 Å². The van der Waals surface area contributed by atoms with E-state index in [0.717, 1.165) is 11.8 Å². The number of aromatic nitrogens is 1. The molecule has 2 heterocycles. The fraction of sp³-hybridized carbons (Fsp3) is 0.680. The molecule has 0 bridgehead atoms. The molecule has 0 aromatic carbocycles. The number of β-lactam (4-membered cyclic amide) rings is 1. The Kier molecular flexibility index (Phi) is 8.81. The SMILES string of the molecule is C[C@@H](O[Si](C)(C)C(C)(C)C)[C@H]1C(=O)N(CC(=O)OC(C)(C)C)[C@@H]1[C@@H](C)C(=O)Sc1ccccn1. The van der Waals surface area contributed by atoms with E-state index in [1.54, 1.807) is 39.1 Å². The Morgan fingerprint density at radius 3 is 2.26 bits per heavy atom. The Hall–Kier alpha value is -1.71. The van der Waals surface area contributed by atoms with E-state index < -0.39 is 37.8 Å². The average molecular weight is 509 g/mol. The second-order valence-corrected chi connectivity index (χ2v) is 17.3. The quantitative estimate of drug-likeness (QED) is 0.213. The van der Waals surface area contributed by atoms with Gasteiger partial charge in [-0.2, -0.15) is 0 Å². The van der Waals surface area contributed by atoms with Gasteiger partial charge in [-0.15, -0.1) is 0 Å². The summed E-state index contributed by atoms with van der Waals surface area (Å²) in [5.41, 5.74) is -0.658. The number of thioether (sulfide) groups is 1. The van der Waals surface area contributed by atoms with Crippen molar-refractivity contribution in [3.05, 3.63) is 24.4 Å². The molecule has 0 radical (unpaired) electrons. The molecule has 2 rings (SSSR count). The van der Waals surface area contributed by atoms with Crippen molar-refractivity contribution in [2.45, 2.75) is 96.3 Å². The lowest BCUT2D eigenvalue weighted by Gasteiger charge is -2.52. The zero-order chi connectivity index (χ0) is 26.1.